The quantitative estimate of drug-likeness (QED) is 0.858. The van der Waals surface area contributed by atoms with Crippen molar-refractivity contribution in [3.63, 3.8) is 0 Å². The van der Waals surface area contributed by atoms with Crippen molar-refractivity contribution in [2.75, 3.05) is 33.2 Å². The van der Waals surface area contributed by atoms with E-state index in [4.69, 9.17) is 0 Å². The number of nitrogens with one attached hydrogen (secondary N) is 1. The van der Waals surface area contributed by atoms with E-state index in [1.807, 2.05) is 0 Å². The van der Waals surface area contributed by atoms with Crippen LogP contribution in [-0.4, -0.2) is 60.5 Å². The molecule has 3 rings (SSSR count). The molecule has 4 nitrogen and oxygen atoms in total. The van der Waals surface area contributed by atoms with Crippen LogP contribution >= 0.6 is 0 Å². The lowest BCUT2D eigenvalue weighted by Crippen LogP contribution is -2.54. The second-order valence-corrected chi connectivity index (χ2v) is 9.04. The van der Waals surface area contributed by atoms with Crippen molar-refractivity contribution in [2.45, 2.75) is 76.8 Å². The third kappa shape index (κ3) is 4.32. The van der Waals surface area contributed by atoms with Gasteiger partial charge >= 0.3 is 0 Å². The van der Waals surface area contributed by atoms with Gasteiger partial charge in [-0.15, -0.1) is 0 Å². The van der Waals surface area contributed by atoms with E-state index in [0.29, 0.717) is 23.4 Å². The Morgan fingerprint density at radius 1 is 1.12 bits per heavy atom. The smallest absolute Gasteiger partial charge is 0.220 e. The Bertz CT molecular complexity index is 433. The summed E-state index contributed by atoms with van der Waals surface area (Å²) in [4.78, 5) is 17.6. The average molecular weight is 336 g/mol. The number of nitrogens with zero attached hydrogens (tertiary/aromatic N) is 2. The number of rotatable bonds is 4. The summed E-state index contributed by atoms with van der Waals surface area (Å²) in [5.74, 6) is 1.65. The highest BCUT2D eigenvalue weighted by molar-refractivity contribution is 5.76. The number of likely N-dealkylation sites (tertiary alicyclic amines) is 2. The molecule has 0 aromatic rings. The van der Waals surface area contributed by atoms with Crippen LogP contribution in [-0.2, 0) is 4.79 Å². The first-order valence-corrected chi connectivity index (χ1v) is 10.2. The number of carbonyl (C=O) groups is 1. The molecule has 0 bridgehead atoms. The molecule has 4 heteroatoms. The largest absolute Gasteiger partial charge is 0.353 e. The average Bonchev–Trinajstić information content (AvgIpc) is 2.91. The third-order valence-electron chi connectivity index (χ3n) is 7.00. The van der Waals surface area contributed by atoms with E-state index in [2.05, 4.69) is 36.0 Å². The lowest BCUT2D eigenvalue weighted by atomic mass is 9.78. The molecule has 1 amide bonds. The summed E-state index contributed by atoms with van der Waals surface area (Å²) in [6.45, 7) is 9.41. The topological polar surface area (TPSA) is 35.6 Å². The molecule has 3 aliphatic rings. The third-order valence-corrected chi connectivity index (χ3v) is 7.00. The Balaban J connectivity index is 1.41. The Kier molecular flexibility index (Phi) is 5.86. The van der Waals surface area contributed by atoms with Gasteiger partial charge in [0.05, 0.1) is 0 Å². The number of piperidine rings is 1. The van der Waals surface area contributed by atoms with Gasteiger partial charge in [-0.2, -0.15) is 0 Å². The van der Waals surface area contributed by atoms with E-state index in [-0.39, 0.29) is 0 Å². The van der Waals surface area contributed by atoms with Crippen molar-refractivity contribution < 1.29 is 4.79 Å². The molecule has 2 heterocycles. The van der Waals surface area contributed by atoms with Gasteiger partial charge in [-0.05, 0) is 58.0 Å². The molecule has 3 atom stereocenters. The van der Waals surface area contributed by atoms with Crippen LogP contribution in [0.2, 0.25) is 0 Å². The molecule has 0 aromatic carbocycles. The minimum absolute atomic E-state index is 0.305. The summed E-state index contributed by atoms with van der Waals surface area (Å²) in [6.07, 6.45) is 9.49. The fourth-order valence-electron chi connectivity index (χ4n) is 5.21. The normalized spacial score (nSPS) is 36.8. The lowest BCUT2D eigenvalue weighted by Gasteiger charge is -2.43. The van der Waals surface area contributed by atoms with Gasteiger partial charge in [-0.25, -0.2) is 0 Å². The zero-order valence-corrected chi connectivity index (χ0v) is 16.0. The van der Waals surface area contributed by atoms with E-state index in [1.54, 1.807) is 0 Å². The van der Waals surface area contributed by atoms with Crippen molar-refractivity contribution in [2.24, 2.45) is 11.8 Å². The minimum atomic E-state index is 0.305. The van der Waals surface area contributed by atoms with Crippen LogP contribution in [0.15, 0.2) is 0 Å². The molecule has 2 aliphatic heterocycles. The maximum atomic E-state index is 12.4. The highest BCUT2D eigenvalue weighted by atomic mass is 16.1. The summed E-state index contributed by atoms with van der Waals surface area (Å²) >= 11 is 0. The van der Waals surface area contributed by atoms with Gasteiger partial charge in [-0.1, -0.05) is 26.2 Å². The van der Waals surface area contributed by atoms with E-state index in [0.717, 1.165) is 38.3 Å². The molecule has 1 N–H and O–H groups in total. The highest BCUT2D eigenvalue weighted by Crippen LogP contribution is 2.32. The van der Waals surface area contributed by atoms with Crippen molar-refractivity contribution in [1.29, 1.82) is 0 Å². The van der Waals surface area contributed by atoms with Crippen LogP contribution in [0.4, 0.5) is 0 Å². The summed E-state index contributed by atoms with van der Waals surface area (Å²) in [6, 6.07) is 0.398. The molecule has 1 saturated carbocycles. The second kappa shape index (κ2) is 7.74. The molecular formula is C20H37N3O. The SMILES string of the molecule is C[C@H]1CCCC[C@@H]1CC(=O)NC1CCN(C2(C)CCN(C)C2)CC1. The zero-order chi connectivity index (χ0) is 17.2. The second-order valence-electron chi connectivity index (χ2n) is 9.04. The molecule has 0 spiro atoms. The van der Waals surface area contributed by atoms with Gasteiger partial charge in [0.2, 0.25) is 5.91 Å². The first-order chi connectivity index (χ1) is 11.5. The van der Waals surface area contributed by atoms with Crippen LogP contribution in [0.5, 0.6) is 0 Å². The van der Waals surface area contributed by atoms with Crippen LogP contribution in [0, 0.1) is 11.8 Å². The Morgan fingerprint density at radius 2 is 1.83 bits per heavy atom. The summed E-state index contributed by atoms with van der Waals surface area (Å²) < 4.78 is 0. The molecule has 0 radical (unpaired) electrons. The standard InChI is InChI=1S/C20H37N3O/c1-16-6-4-5-7-17(16)14-19(24)21-18-8-11-23(12-9-18)20(2)10-13-22(3)15-20/h16-18H,4-15H2,1-3H3,(H,21,24)/t16-,17+,20?/m0/s1. The van der Waals surface area contributed by atoms with Crippen molar-refractivity contribution >= 4 is 5.91 Å². The fourth-order valence-corrected chi connectivity index (χ4v) is 5.21. The van der Waals surface area contributed by atoms with Gasteiger partial charge in [0.1, 0.15) is 0 Å². The molecule has 138 valence electrons. The van der Waals surface area contributed by atoms with E-state index < -0.39 is 0 Å². The molecule has 1 aliphatic carbocycles. The van der Waals surface area contributed by atoms with Gasteiger partial charge in [0.25, 0.3) is 0 Å². The maximum absolute atomic E-state index is 12.4. The number of amides is 1. The number of hydrogen-bond donors (Lipinski definition) is 1. The lowest BCUT2D eigenvalue weighted by molar-refractivity contribution is -0.123. The minimum Gasteiger partial charge on any atom is -0.353 e. The Hall–Kier alpha value is -0.610. The Labute approximate surface area is 148 Å². The summed E-state index contributed by atoms with van der Waals surface area (Å²) in [7, 11) is 2.23. The maximum Gasteiger partial charge on any atom is 0.220 e. The molecule has 0 aromatic heterocycles. The van der Waals surface area contributed by atoms with E-state index in [9.17, 15) is 4.79 Å². The predicted octanol–water partition coefficient (Wildman–Crippen LogP) is 2.88. The van der Waals surface area contributed by atoms with Crippen molar-refractivity contribution in [1.82, 2.24) is 15.1 Å². The molecular weight excluding hydrogens is 298 g/mol. The monoisotopic (exact) mass is 335 g/mol. The van der Waals surface area contributed by atoms with E-state index in [1.165, 1.54) is 45.2 Å². The van der Waals surface area contributed by atoms with Gasteiger partial charge in [0.15, 0.2) is 0 Å². The first kappa shape index (κ1) is 18.2. The number of carbonyl (C=O) groups excluding carboxylic acids is 1. The highest BCUT2D eigenvalue weighted by Gasteiger charge is 2.39. The Morgan fingerprint density at radius 3 is 2.46 bits per heavy atom. The zero-order valence-electron chi connectivity index (χ0n) is 16.0. The van der Waals surface area contributed by atoms with Crippen LogP contribution in [0.25, 0.3) is 0 Å². The number of likely N-dealkylation sites (N-methyl/N-ethyl adjacent to an activating group) is 1. The molecule has 24 heavy (non-hydrogen) atoms. The number of hydrogen-bond acceptors (Lipinski definition) is 3. The molecule has 2 saturated heterocycles. The summed E-state index contributed by atoms with van der Waals surface area (Å²) in [5.41, 5.74) is 0.348. The van der Waals surface area contributed by atoms with Gasteiger partial charge < -0.3 is 10.2 Å². The molecule has 3 fully saturated rings. The van der Waals surface area contributed by atoms with Gasteiger partial charge in [0, 0.05) is 37.6 Å². The fraction of sp³-hybridized carbons (Fsp3) is 0.950. The molecule has 1 unspecified atom stereocenters. The summed E-state index contributed by atoms with van der Waals surface area (Å²) in [5, 5.41) is 3.34. The van der Waals surface area contributed by atoms with Gasteiger partial charge in [-0.3, -0.25) is 9.69 Å². The predicted molar refractivity (Wildman–Crippen MR) is 99.0 cm³/mol. The first-order valence-electron chi connectivity index (χ1n) is 10.2. The van der Waals surface area contributed by atoms with Crippen molar-refractivity contribution in [3.05, 3.63) is 0 Å². The van der Waals surface area contributed by atoms with E-state index >= 15 is 0 Å². The van der Waals surface area contributed by atoms with Crippen molar-refractivity contribution in [3.8, 4) is 0 Å². The van der Waals surface area contributed by atoms with Crippen LogP contribution in [0.3, 0.4) is 0 Å². The van der Waals surface area contributed by atoms with Crippen LogP contribution < -0.4 is 5.32 Å². The van der Waals surface area contributed by atoms with Crippen LogP contribution in [0.1, 0.15) is 65.2 Å².